The molecule has 0 aliphatic heterocycles. The lowest BCUT2D eigenvalue weighted by Crippen LogP contribution is -2.17. The van der Waals surface area contributed by atoms with E-state index < -0.39 is 0 Å². The molecular weight excluding hydrogens is 243 g/mol. The van der Waals surface area contributed by atoms with Crippen LogP contribution >= 0.6 is 0 Å². The highest BCUT2D eigenvalue weighted by Gasteiger charge is 2.01. The van der Waals surface area contributed by atoms with E-state index in [1.807, 2.05) is 10.8 Å². The highest BCUT2D eigenvalue weighted by atomic mass is 19.1. The van der Waals surface area contributed by atoms with E-state index in [1.54, 1.807) is 12.5 Å². The molecule has 1 N–H and O–H groups in total. The van der Waals surface area contributed by atoms with Gasteiger partial charge in [0.2, 0.25) is 0 Å². The molecule has 4 nitrogen and oxygen atoms in total. The molecule has 0 amide bonds. The third-order valence-corrected chi connectivity index (χ3v) is 2.80. The molecule has 0 atom stereocenters. The molecule has 0 aliphatic rings. The van der Waals surface area contributed by atoms with E-state index in [0.717, 1.165) is 37.2 Å². The summed E-state index contributed by atoms with van der Waals surface area (Å²) in [6.45, 7) is 4.72. The zero-order valence-electron chi connectivity index (χ0n) is 11.1. The first kappa shape index (κ1) is 13.7. The Hall–Kier alpha value is -1.75. The molecule has 0 fully saturated rings. The van der Waals surface area contributed by atoms with E-state index in [4.69, 9.17) is 0 Å². The van der Waals surface area contributed by atoms with Crippen LogP contribution < -0.4 is 5.32 Å². The number of rotatable bonds is 7. The normalized spacial score (nSPS) is 10.8. The van der Waals surface area contributed by atoms with Gasteiger partial charge in [0.05, 0.1) is 24.8 Å². The van der Waals surface area contributed by atoms with E-state index >= 15 is 0 Å². The van der Waals surface area contributed by atoms with Crippen LogP contribution in [0.3, 0.4) is 0 Å². The highest BCUT2D eigenvalue weighted by molar-refractivity contribution is 5.11. The summed E-state index contributed by atoms with van der Waals surface area (Å²) in [5.41, 5.74) is 1.89. The number of imidazole rings is 1. The first-order valence-electron chi connectivity index (χ1n) is 6.58. The van der Waals surface area contributed by atoms with Gasteiger partial charge in [-0.05, 0) is 24.6 Å². The number of hydrogen-bond acceptors (Lipinski definition) is 3. The van der Waals surface area contributed by atoms with Crippen molar-refractivity contribution < 1.29 is 4.39 Å². The number of aromatic nitrogens is 3. The third kappa shape index (κ3) is 4.44. The van der Waals surface area contributed by atoms with Crippen molar-refractivity contribution in [2.24, 2.45) is 0 Å². The smallest absolute Gasteiger partial charge is 0.141 e. The maximum absolute atomic E-state index is 13.0. The predicted molar refractivity (Wildman–Crippen MR) is 72.4 cm³/mol. The van der Waals surface area contributed by atoms with Gasteiger partial charge in [0.1, 0.15) is 5.82 Å². The van der Waals surface area contributed by atoms with Gasteiger partial charge in [0, 0.05) is 25.4 Å². The lowest BCUT2D eigenvalue weighted by atomic mass is 10.3. The van der Waals surface area contributed by atoms with E-state index in [-0.39, 0.29) is 5.82 Å². The number of nitrogens with zero attached hydrogens (tertiary/aromatic N) is 3. The van der Waals surface area contributed by atoms with Crippen LogP contribution in [0.4, 0.5) is 4.39 Å². The number of nitrogens with one attached hydrogen (secondary N) is 1. The van der Waals surface area contributed by atoms with Crippen molar-refractivity contribution in [1.29, 1.82) is 0 Å². The average Bonchev–Trinajstić information content (AvgIpc) is 2.82. The quantitative estimate of drug-likeness (QED) is 0.776. The lowest BCUT2D eigenvalue weighted by molar-refractivity contribution is 0.616. The molecule has 102 valence electrons. The molecule has 0 saturated heterocycles. The first-order chi connectivity index (χ1) is 9.28. The molecule has 5 heteroatoms. The van der Waals surface area contributed by atoms with Gasteiger partial charge in [-0.1, -0.05) is 6.92 Å². The standard InChI is InChI=1S/C14H19FN4/c1-2-4-16-5-3-14-10-19(11-18-14)9-12-6-13(15)8-17-7-12/h6-8,10-11,16H,2-5,9H2,1H3. The van der Waals surface area contributed by atoms with Gasteiger partial charge >= 0.3 is 0 Å². The molecule has 19 heavy (non-hydrogen) atoms. The van der Waals surface area contributed by atoms with Crippen LogP contribution in [-0.2, 0) is 13.0 Å². The molecular formula is C14H19FN4. The monoisotopic (exact) mass is 262 g/mol. The summed E-state index contributed by atoms with van der Waals surface area (Å²) in [7, 11) is 0. The molecule has 0 spiro atoms. The Morgan fingerprint density at radius 2 is 2.21 bits per heavy atom. The van der Waals surface area contributed by atoms with Gasteiger partial charge in [-0.3, -0.25) is 4.98 Å². The molecule has 2 aromatic rings. The van der Waals surface area contributed by atoms with Crippen molar-refractivity contribution >= 4 is 0 Å². The van der Waals surface area contributed by atoms with Crippen molar-refractivity contribution in [3.8, 4) is 0 Å². The molecule has 0 aliphatic carbocycles. The van der Waals surface area contributed by atoms with Crippen molar-refractivity contribution in [3.05, 3.63) is 48.1 Å². The van der Waals surface area contributed by atoms with E-state index in [9.17, 15) is 4.39 Å². The van der Waals surface area contributed by atoms with Crippen molar-refractivity contribution in [1.82, 2.24) is 19.9 Å². The fourth-order valence-electron chi connectivity index (χ4n) is 1.89. The summed E-state index contributed by atoms with van der Waals surface area (Å²) in [6.07, 6.45) is 8.71. The van der Waals surface area contributed by atoms with E-state index in [1.165, 1.54) is 12.3 Å². The van der Waals surface area contributed by atoms with Crippen molar-refractivity contribution in [2.75, 3.05) is 13.1 Å². The van der Waals surface area contributed by atoms with Gasteiger partial charge in [-0.15, -0.1) is 0 Å². The maximum Gasteiger partial charge on any atom is 0.141 e. The van der Waals surface area contributed by atoms with Gasteiger partial charge in [0.15, 0.2) is 0 Å². The zero-order chi connectivity index (χ0) is 13.5. The SMILES string of the molecule is CCCNCCc1cn(Cc2cncc(F)c2)cn1. The first-order valence-corrected chi connectivity index (χ1v) is 6.58. The lowest BCUT2D eigenvalue weighted by Gasteiger charge is -2.02. The largest absolute Gasteiger partial charge is 0.333 e. The summed E-state index contributed by atoms with van der Waals surface area (Å²) in [4.78, 5) is 8.18. The molecule has 2 rings (SSSR count). The molecule has 0 saturated carbocycles. The van der Waals surface area contributed by atoms with E-state index in [2.05, 4.69) is 22.2 Å². The Bertz CT molecular complexity index is 510. The number of halogens is 1. The molecule has 0 unspecified atom stereocenters. The minimum absolute atomic E-state index is 0.304. The summed E-state index contributed by atoms with van der Waals surface area (Å²) >= 11 is 0. The fourth-order valence-corrected chi connectivity index (χ4v) is 1.89. The van der Waals surface area contributed by atoms with Crippen LogP contribution in [0.5, 0.6) is 0 Å². The van der Waals surface area contributed by atoms with Gasteiger partial charge < -0.3 is 9.88 Å². The molecule has 0 radical (unpaired) electrons. The highest BCUT2D eigenvalue weighted by Crippen LogP contribution is 2.05. The van der Waals surface area contributed by atoms with Gasteiger partial charge in [0.25, 0.3) is 0 Å². The second kappa shape index (κ2) is 6.99. The Morgan fingerprint density at radius 3 is 3.00 bits per heavy atom. The summed E-state index contributed by atoms with van der Waals surface area (Å²) in [6, 6.07) is 1.50. The number of pyridine rings is 1. The Balaban J connectivity index is 1.87. The second-order valence-electron chi connectivity index (χ2n) is 4.55. The van der Waals surface area contributed by atoms with Crippen LogP contribution in [-0.4, -0.2) is 27.6 Å². The van der Waals surface area contributed by atoms with E-state index in [0.29, 0.717) is 6.54 Å². The summed E-state index contributed by atoms with van der Waals surface area (Å²) in [5.74, 6) is -0.304. The maximum atomic E-state index is 13.0. The average molecular weight is 262 g/mol. The van der Waals surface area contributed by atoms with Crippen molar-refractivity contribution in [2.45, 2.75) is 26.3 Å². The Morgan fingerprint density at radius 1 is 1.32 bits per heavy atom. The van der Waals surface area contributed by atoms with Crippen LogP contribution in [0.1, 0.15) is 24.6 Å². The van der Waals surface area contributed by atoms with Crippen LogP contribution in [0, 0.1) is 5.82 Å². The summed E-state index contributed by atoms with van der Waals surface area (Å²) in [5, 5.41) is 3.34. The van der Waals surface area contributed by atoms with Crippen LogP contribution in [0.15, 0.2) is 31.0 Å². The minimum Gasteiger partial charge on any atom is -0.333 e. The Kier molecular flexibility index (Phi) is 5.03. The van der Waals surface area contributed by atoms with Crippen LogP contribution in [0.2, 0.25) is 0 Å². The Labute approximate surface area is 112 Å². The third-order valence-electron chi connectivity index (χ3n) is 2.80. The predicted octanol–water partition coefficient (Wildman–Crippen LogP) is 2.01. The van der Waals surface area contributed by atoms with Gasteiger partial charge in [-0.25, -0.2) is 9.37 Å². The molecule has 0 bridgehead atoms. The zero-order valence-corrected chi connectivity index (χ0v) is 11.1. The van der Waals surface area contributed by atoms with Crippen LogP contribution in [0.25, 0.3) is 0 Å². The van der Waals surface area contributed by atoms with Gasteiger partial charge in [-0.2, -0.15) is 0 Å². The van der Waals surface area contributed by atoms with Crippen molar-refractivity contribution in [3.63, 3.8) is 0 Å². The second-order valence-corrected chi connectivity index (χ2v) is 4.55. The topological polar surface area (TPSA) is 42.7 Å². The molecule has 2 aromatic heterocycles. The molecule has 2 heterocycles. The fraction of sp³-hybridized carbons (Fsp3) is 0.429. The number of hydrogen-bond donors (Lipinski definition) is 1. The minimum atomic E-state index is -0.304. The summed E-state index contributed by atoms with van der Waals surface area (Å²) < 4.78 is 15.0. The molecule has 0 aromatic carbocycles.